The molecule has 0 saturated heterocycles. The summed E-state index contributed by atoms with van der Waals surface area (Å²) in [6.07, 6.45) is -2.33. The maximum absolute atomic E-state index is 14.0. The van der Waals surface area contributed by atoms with Gasteiger partial charge >= 0.3 is 12.1 Å². The predicted molar refractivity (Wildman–Crippen MR) is 111 cm³/mol. The Morgan fingerprint density at radius 3 is 1.88 bits per heavy atom. The maximum Gasteiger partial charge on any atom is 0.407 e. The van der Waals surface area contributed by atoms with E-state index in [2.05, 4.69) is 0 Å². The van der Waals surface area contributed by atoms with Crippen LogP contribution < -0.4 is 5.32 Å². The first kappa shape index (κ1) is 23.1. The fraction of sp³-hybridized carbons (Fsp3) is 0.167. The molecular formula is C24H17F4NO5. The number of carbonyl (C=O) groups is 2. The quantitative estimate of drug-likeness (QED) is 0.361. The number of hydrogen-bond acceptors (Lipinski definition) is 4. The fourth-order valence-corrected chi connectivity index (χ4v) is 4.03. The van der Waals surface area contributed by atoms with Crippen molar-refractivity contribution in [1.82, 2.24) is 5.32 Å². The van der Waals surface area contributed by atoms with Crippen LogP contribution in [-0.4, -0.2) is 34.9 Å². The number of aromatic hydroxyl groups is 1. The number of rotatable bonds is 6. The minimum Gasteiger partial charge on any atom is -0.503 e. The van der Waals surface area contributed by atoms with Crippen molar-refractivity contribution in [3.63, 3.8) is 0 Å². The van der Waals surface area contributed by atoms with Crippen molar-refractivity contribution in [2.75, 3.05) is 6.61 Å². The average molecular weight is 475 g/mol. The SMILES string of the molecule is O=C(N[C@@H](Cc1c(F)c(F)c(O)c(F)c1F)C(=O)O)OCC1c2ccccc2-c2ccccc21. The number of halogens is 4. The van der Waals surface area contributed by atoms with Crippen LogP contribution in [0.4, 0.5) is 22.4 Å². The van der Waals surface area contributed by atoms with Crippen molar-refractivity contribution in [3.05, 3.63) is 88.5 Å². The Balaban J connectivity index is 1.49. The molecule has 1 atom stereocenters. The fourth-order valence-electron chi connectivity index (χ4n) is 4.03. The Hall–Kier alpha value is -4.08. The molecule has 0 saturated carbocycles. The highest BCUT2D eigenvalue weighted by Crippen LogP contribution is 2.44. The minimum atomic E-state index is -2.07. The maximum atomic E-state index is 14.0. The van der Waals surface area contributed by atoms with Gasteiger partial charge in [-0.25, -0.2) is 18.4 Å². The van der Waals surface area contributed by atoms with Gasteiger partial charge in [0.05, 0.1) is 0 Å². The molecule has 0 radical (unpaired) electrons. The number of carbonyl (C=O) groups excluding carboxylic acids is 1. The van der Waals surface area contributed by atoms with Crippen molar-refractivity contribution < 1.29 is 42.1 Å². The molecule has 1 amide bonds. The lowest BCUT2D eigenvalue weighted by Crippen LogP contribution is -2.43. The van der Waals surface area contributed by atoms with E-state index in [0.29, 0.717) is 0 Å². The molecule has 176 valence electrons. The van der Waals surface area contributed by atoms with Crippen molar-refractivity contribution in [2.45, 2.75) is 18.4 Å². The van der Waals surface area contributed by atoms with Gasteiger partial charge in [-0.15, -0.1) is 0 Å². The number of phenols is 1. The number of aliphatic carboxylic acids is 1. The van der Waals surface area contributed by atoms with Gasteiger partial charge in [-0.2, -0.15) is 8.78 Å². The molecule has 0 bridgehead atoms. The Kier molecular flexibility index (Phi) is 6.14. The zero-order chi connectivity index (χ0) is 24.6. The third-order valence-electron chi connectivity index (χ3n) is 5.67. The van der Waals surface area contributed by atoms with Crippen molar-refractivity contribution in [3.8, 4) is 16.9 Å². The third-order valence-corrected chi connectivity index (χ3v) is 5.67. The molecule has 1 aliphatic carbocycles. The number of fused-ring (bicyclic) bond motifs is 3. The standard InChI is InChI=1S/C24H17F4NO5/c25-18-15(19(26)21(28)22(30)20(18)27)9-17(23(31)32)29-24(33)34-10-16-13-7-3-1-5-11(13)12-6-2-4-8-14(12)16/h1-8,16-17,30H,9-10H2,(H,29,33)(H,31,32)/t17-/m0/s1. The highest BCUT2D eigenvalue weighted by atomic mass is 19.2. The average Bonchev–Trinajstić information content (AvgIpc) is 3.15. The second-order valence-corrected chi connectivity index (χ2v) is 7.65. The summed E-state index contributed by atoms with van der Waals surface area (Å²) in [5, 5.41) is 20.3. The highest BCUT2D eigenvalue weighted by molar-refractivity contribution is 5.81. The molecule has 3 aromatic rings. The van der Waals surface area contributed by atoms with Gasteiger partial charge in [0, 0.05) is 17.9 Å². The molecule has 0 aromatic heterocycles. The highest BCUT2D eigenvalue weighted by Gasteiger charge is 2.32. The van der Waals surface area contributed by atoms with E-state index in [1.807, 2.05) is 53.8 Å². The van der Waals surface area contributed by atoms with Crippen LogP contribution in [0.5, 0.6) is 5.75 Å². The number of ether oxygens (including phenoxy) is 1. The minimum absolute atomic E-state index is 0.155. The lowest BCUT2D eigenvalue weighted by atomic mass is 9.98. The van der Waals surface area contributed by atoms with Crippen LogP contribution in [0.3, 0.4) is 0 Å². The van der Waals surface area contributed by atoms with Gasteiger partial charge < -0.3 is 20.3 Å². The molecule has 0 fully saturated rings. The number of hydrogen-bond donors (Lipinski definition) is 3. The molecule has 3 N–H and O–H groups in total. The summed E-state index contributed by atoms with van der Waals surface area (Å²) >= 11 is 0. The lowest BCUT2D eigenvalue weighted by Gasteiger charge is -2.18. The Morgan fingerprint density at radius 1 is 0.882 bits per heavy atom. The van der Waals surface area contributed by atoms with Gasteiger partial charge in [-0.3, -0.25) is 0 Å². The van der Waals surface area contributed by atoms with Gasteiger partial charge in [-0.1, -0.05) is 48.5 Å². The molecular weight excluding hydrogens is 458 g/mol. The summed E-state index contributed by atoms with van der Waals surface area (Å²) in [5.41, 5.74) is 2.48. The zero-order valence-electron chi connectivity index (χ0n) is 17.3. The van der Waals surface area contributed by atoms with Gasteiger partial charge in [0.1, 0.15) is 12.6 Å². The molecule has 6 nitrogen and oxygen atoms in total. The van der Waals surface area contributed by atoms with Crippen LogP contribution in [0, 0.1) is 23.3 Å². The first-order valence-corrected chi connectivity index (χ1v) is 10.1. The molecule has 34 heavy (non-hydrogen) atoms. The molecule has 1 aliphatic rings. The molecule has 3 aromatic carbocycles. The predicted octanol–water partition coefficient (Wildman–Crippen LogP) is 4.48. The molecule has 0 spiro atoms. The third kappa shape index (κ3) is 4.02. The molecule has 0 aliphatic heterocycles. The Morgan fingerprint density at radius 2 is 1.38 bits per heavy atom. The van der Waals surface area contributed by atoms with Crippen molar-refractivity contribution >= 4 is 12.1 Å². The summed E-state index contributed by atoms with van der Waals surface area (Å²) in [6, 6.07) is 13.0. The van der Waals surface area contributed by atoms with E-state index in [1.165, 1.54) is 0 Å². The van der Waals surface area contributed by atoms with Gasteiger partial charge in [0.2, 0.25) is 11.6 Å². The van der Waals surface area contributed by atoms with Crippen LogP contribution >= 0.6 is 0 Å². The first-order chi connectivity index (χ1) is 16.2. The van der Waals surface area contributed by atoms with Crippen molar-refractivity contribution in [1.29, 1.82) is 0 Å². The van der Waals surface area contributed by atoms with Crippen LogP contribution in [0.2, 0.25) is 0 Å². The number of alkyl carbamates (subject to hydrolysis) is 1. The molecule has 10 heteroatoms. The second-order valence-electron chi connectivity index (χ2n) is 7.65. The zero-order valence-corrected chi connectivity index (χ0v) is 17.3. The van der Waals surface area contributed by atoms with E-state index in [9.17, 15) is 32.3 Å². The summed E-state index contributed by atoms with van der Waals surface area (Å²) in [6.45, 7) is -0.155. The van der Waals surface area contributed by atoms with E-state index in [4.69, 9.17) is 9.84 Å². The Labute approximate surface area is 190 Å². The van der Waals surface area contributed by atoms with Crippen LogP contribution in [0.1, 0.15) is 22.6 Å². The van der Waals surface area contributed by atoms with E-state index in [-0.39, 0.29) is 12.5 Å². The summed E-state index contributed by atoms with van der Waals surface area (Å²) in [7, 11) is 0. The number of nitrogens with one attached hydrogen (secondary N) is 1. The topological polar surface area (TPSA) is 95.9 Å². The van der Waals surface area contributed by atoms with E-state index in [0.717, 1.165) is 22.3 Å². The monoisotopic (exact) mass is 475 g/mol. The van der Waals surface area contributed by atoms with Crippen LogP contribution in [0.15, 0.2) is 48.5 Å². The van der Waals surface area contributed by atoms with E-state index >= 15 is 0 Å². The lowest BCUT2D eigenvalue weighted by molar-refractivity contribution is -0.139. The van der Waals surface area contributed by atoms with Crippen LogP contribution in [0.25, 0.3) is 11.1 Å². The summed E-state index contributed by atoms with van der Waals surface area (Å²) in [4.78, 5) is 23.8. The van der Waals surface area contributed by atoms with Crippen molar-refractivity contribution in [2.24, 2.45) is 0 Å². The number of carboxylic acid groups (broad SMARTS) is 1. The van der Waals surface area contributed by atoms with Gasteiger partial charge in [0.25, 0.3) is 0 Å². The van der Waals surface area contributed by atoms with E-state index in [1.54, 1.807) is 0 Å². The number of benzene rings is 3. The van der Waals surface area contributed by atoms with Gasteiger partial charge in [-0.05, 0) is 22.3 Å². The summed E-state index contributed by atoms with van der Waals surface area (Å²) in [5.74, 6) is -12.0. The first-order valence-electron chi connectivity index (χ1n) is 10.1. The van der Waals surface area contributed by atoms with E-state index < -0.39 is 59.1 Å². The summed E-state index contributed by atoms with van der Waals surface area (Å²) < 4.78 is 60.4. The molecule has 0 unspecified atom stereocenters. The number of amides is 1. The number of phenolic OH excluding ortho intramolecular Hbond substituents is 1. The largest absolute Gasteiger partial charge is 0.503 e. The number of carboxylic acids is 1. The Bertz CT molecular complexity index is 1220. The normalized spacial score (nSPS) is 13.2. The van der Waals surface area contributed by atoms with Gasteiger partial charge in [0.15, 0.2) is 17.4 Å². The van der Waals surface area contributed by atoms with Crippen LogP contribution in [-0.2, 0) is 16.0 Å². The smallest absolute Gasteiger partial charge is 0.407 e. The second kappa shape index (κ2) is 9.05. The molecule has 4 rings (SSSR count). The molecule has 0 heterocycles.